The number of aromatic nitrogens is 5. The van der Waals surface area contributed by atoms with E-state index < -0.39 is 8.07 Å². The molecule has 0 radical (unpaired) electrons. The number of anilines is 2. The molecule has 212 valence electrons. The van der Waals surface area contributed by atoms with Gasteiger partial charge in [0.05, 0.1) is 29.1 Å². The van der Waals surface area contributed by atoms with Gasteiger partial charge in [-0.05, 0) is 49.7 Å². The van der Waals surface area contributed by atoms with Crippen molar-refractivity contribution in [2.45, 2.75) is 58.1 Å². The van der Waals surface area contributed by atoms with E-state index in [2.05, 4.69) is 57.5 Å². The van der Waals surface area contributed by atoms with Gasteiger partial charge in [0, 0.05) is 34.3 Å². The normalized spacial score (nSPS) is 14.5. The molecule has 40 heavy (non-hydrogen) atoms. The van der Waals surface area contributed by atoms with Crippen molar-refractivity contribution in [3.63, 3.8) is 0 Å². The molecule has 3 aromatic heterocycles. The molecule has 1 saturated heterocycles. The molecule has 3 N–H and O–H groups in total. The van der Waals surface area contributed by atoms with Gasteiger partial charge >= 0.3 is 0 Å². The van der Waals surface area contributed by atoms with Crippen molar-refractivity contribution in [3.8, 4) is 11.4 Å². The van der Waals surface area contributed by atoms with Crippen LogP contribution in [0.3, 0.4) is 0 Å². The van der Waals surface area contributed by atoms with Crippen molar-refractivity contribution in [3.05, 3.63) is 59.8 Å². The fraction of sp³-hybridized carbons (Fsp3) is 0.467. The number of likely N-dealkylation sites (tertiary alicyclic amines) is 1. The molecule has 4 heterocycles. The Kier molecular flexibility index (Phi) is 9.40. The van der Waals surface area contributed by atoms with Crippen LogP contribution >= 0.6 is 0 Å². The minimum atomic E-state index is -1.19. The van der Waals surface area contributed by atoms with Gasteiger partial charge in [0.25, 0.3) is 0 Å². The minimum absolute atomic E-state index is 0.406. The van der Waals surface area contributed by atoms with E-state index in [1.165, 1.54) is 37.9 Å². The molecule has 0 amide bonds. The van der Waals surface area contributed by atoms with Crippen LogP contribution in [0, 0.1) is 0 Å². The van der Waals surface area contributed by atoms with Crippen LogP contribution < -0.4 is 10.6 Å². The number of H-pyrrole nitrogens is 1. The van der Waals surface area contributed by atoms with E-state index in [4.69, 9.17) is 19.7 Å². The Morgan fingerprint density at radius 1 is 0.925 bits per heavy atom. The van der Waals surface area contributed by atoms with Gasteiger partial charge in [-0.25, -0.2) is 9.97 Å². The maximum atomic E-state index is 6.16. The van der Waals surface area contributed by atoms with Crippen LogP contribution in [0.1, 0.15) is 30.5 Å². The number of piperidine rings is 1. The highest BCUT2D eigenvalue weighted by atomic mass is 28.3. The second-order valence-corrected chi connectivity index (χ2v) is 17.4. The molecule has 10 heteroatoms. The number of nitrogens with zero attached hydrogens (tertiary/aromatic N) is 5. The number of benzene rings is 1. The molecule has 4 aromatic rings. The van der Waals surface area contributed by atoms with Gasteiger partial charge in [-0.15, -0.1) is 0 Å². The summed E-state index contributed by atoms with van der Waals surface area (Å²) in [5.74, 6) is 1.39. The van der Waals surface area contributed by atoms with Gasteiger partial charge in [0.1, 0.15) is 5.82 Å². The highest BCUT2D eigenvalue weighted by Crippen LogP contribution is 2.29. The molecule has 0 spiro atoms. The topological polar surface area (TPSA) is 104 Å². The van der Waals surface area contributed by atoms with Gasteiger partial charge in [-0.1, -0.05) is 62.5 Å². The Bertz CT molecular complexity index is 1370. The predicted molar refractivity (Wildman–Crippen MR) is 165 cm³/mol. The molecule has 0 atom stereocenters. The summed E-state index contributed by atoms with van der Waals surface area (Å²) in [6.45, 7) is 13.1. The SMILES string of the molecule is C[Si](C)(C)CCOCc1nc(NCCN2CCCCC2)nc2n[nH]c(-c3cccc(NCc4ccccc4)n3)c12. The molecular formula is C30H42N8OSi. The summed E-state index contributed by atoms with van der Waals surface area (Å²) in [4.78, 5) is 17.1. The van der Waals surface area contributed by atoms with Crippen molar-refractivity contribution < 1.29 is 4.74 Å². The smallest absolute Gasteiger partial charge is 0.225 e. The third-order valence-electron chi connectivity index (χ3n) is 7.21. The van der Waals surface area contributed by atoms with Crippen molar-refractivity contribution in [2.75, 3.05) is 43.4 Å². The molecule has 0 unspecified atom stereocenters. The largest absolute Gasteiger partial charge is 0.375 e. The zero-order valence-corrected chi connectivity index (χ0v) is 25.0. The standard InChI is InChI=1S/C30H42N8OSi/c1-40(2,3)20-19-39-22-25-27-28(24-13-10-14-26(33-24)32-21-23-11-6-4-7-12-23)36-37-29(27)35-30(34-25)31-15-18-38-16-8-5-9-17-38/h4,6-7,10-14H,5,8-9,15-22H2,1-3H3,(H,32,33)(H2,31,34,35,36,37). The predicted octanol–water partition coefficient (Wildman–Crippen LogP) is 5.78. The Morgan fingerprint density at radius 3 is 2.55 bits per heavy atom. The zero-order valence-electron chi connectivity index (χ0n) is 24.0. The number of rotatable bonds is 13. The summed E-state index contributed by atoms with van der Waals surface area (Å²) in [6, 6.07) is 17.4. The van der Waals surface area contributed by atoms with Crippen molar-refractivity contribution >= 4 is 30.9 Å². The maximum Gasteiger partial charge on any atom is 0.225 e. The van der Waals surface area contributed by atoms with E-state index in [0.29, 0.717) is 24.7 Å². The minimum Gasteiger partial charge on any atom is -0.375 e. The molecule has 1 aliphatic rings. The molecule has 1 aliphatic heterocycles. The van der Waals surface area contributed by atoms with E-state index in [1.54, 1.807) is 0 Å². The summed E-state index contributed by atoms with van der Waals surface area (Å²) in [5.41, 5.74) is 4.25. The first-order chi connectivity index (χ1) is 19.4. The first-order valence-electron chi connectivity index (χ1n) is 14.5. The summed E-state index contributed by atoms with van der Waals surface area (Å²) in [7, 11) is -1.19. The van der Waals surface area contributed by atoms with Gasteiger partial charge in [-0.3, -0.25) is 5.10 Å². The summed E-state index contributed by atoms with van der Waals surface area (Å²) < 4.78 is 6.16. The van der Waals surface area contributed by atoms with Gasteiger partial charge in [0.15, 0.2) is 5.65 Å². The van der Waals surface area contributed by atoms with Crippen molar-refractivity contribution in [1.82, 2.24) is 30.0 Å². The zero-order chi connectivity index (χ0) is 27.8. The van der Waals surface area contributed by atoms with Crippen LogP contribution in [0.5, 0.6) is 0 Å². The number of ether oxygens (including phenoxy) is 1. The van der Waals surface area contributed by atoms with E-state index in [-0.39, 0.29) is 0 Å². The fourth-order valence-electron chi connectivity index (χ4n) is 4.88. The number of hydrogen-bond donors (Lipinski definition) is 3. The maximum absolute atomic E-state index is 6.16. The lowest BCUT2D eigenvalue weighted by atomic mass is 10.1. The number of aromatic amines is 1. The third-order valence-corrected chi connectivity index (χ3v) is 8.91. The van der Waals surface area contributed by atoms with Crippen LogP contribution in [0.4, 0.5) is 11.8 Å². The van der Waals surface area contributed by atoms with E-state index >= 15 is 0 Å². The van der Waals surface area contributed by atoms with Gasteiger partial charge in [0.2, 0.25) is 5.95 Å². The molecule has 1 fully saturated rings. The Labute approximate surface area is 238 Å². The Morgan fingerprint density at radius 2 is 1.75 bits per heavy atom. The molecule has 0 saturated carbocycles. The van der Waals surface area contributed by atoms with Crippen LogP contribution in [0.25, 0.3) is 22.4 Å². The van der Waals surface area contributed by atoms with Crippen molar-refractivity contribution in [2.24, 2.45) is 0 Å². The average Bonchev–Trinajstić information content (AvgIpc) is 3.39. The number of fused-ring (bicyclic) bond motifs is 1. The summed E-state index contributed by atoms with van der Waals surface area (Å²) in [6.07, 6.45) is 3.91. The molecule has 0 bridgehead atoms. The second kappa shape index (κ2) is 13.3. The molecule has 0 aliphatic carbocycles. The lowest BCUT2D eigenvalue weighted by molar-refractivity contribution is 0.131. The summed E-state index contributed by atoms with van der Waals surface area (Å²) >= 11 is 0. The van der Waals surface area contributed by atoms with Crippen molar-refractivity contribution in [1.29, 1.82) is 0 Å². The molecular weight excluding hydrogens is 516 g/mol. The van der Waals surface area contributed by atoms with Gasteiger partial charge < -0.3 is 20.3 Å². The lowest BCUT2D eigenvalue weighted by Gasteiger charge is -2.26. The van der Waals surface area contributed by atoms with Crippen LogP contribution in [-0.4, -0.2) is 70.9 Å². The average molecular weight is 559 g/mol. The quantitative estimate of drug-likeness (QED) is 0.140. The Hall–Kier alpha value is -3.34. The number of nitrogens with one attached hydrogen (secondary N) is 3. The molecule has 5 rings (SSSR count). The fourth-order valence-corrected chi connectivity index (χ4v) is 5.64. The van der Waals surface area contributed by atoms with Crippen LogP contribution in [-0.2, 0) is 17.9 Å². The molecule has 1 aromatic carbocycles. The first kappa shape index (κ1) is 28.2. The highest BCUT2D eigenvalue weighted by molar-refractivity contribution is 6.76. The number of hydrogen-bond acceptors (Lipinski definition) is 8. The van der Waals surface area contributed by atoms with Gasteiger partial charge in [-0.2, -0.15) is 10.1 Å². The van der Waals surface area contributed by atoms with Crippen LogP contribution in [0.2, 0.25) is 25.7 Å². The monoisotopic (exact) mass is 558 g/mol. The van der Waals surface area contributed by atoms with E-state index in [1.807, 2.05) is 36.4 Å². The number of pyridine rings is 1. The van der Waals surface area contributed by atoms with Crippen LogP contribution in [0.15, 0.2) is 48.5 Å². The Balaban J connectivity index is 1.36. The first-order valence-corrected chi connectivity index (χ1v) is 18.2. The van der Waals surface area contributed by atoms with E-state index in [0.717, 1.165) is 54.0 Å². The summed E-state index contributed by atoms with van der Waals surface area (Å²) in [5, 5.41) is 15.5. The second-order valence-electron chi connectivity index (χ2n) is 11.7. The van der Waals surface area contributed by atoms with E-state index in [9.17, 15) is 0 Å². The third kappa shape index (κ3) is 7.86. The molecule has 9 nitrogen and oxygen atoms in total. The highest BCUT2D eigenvalue weighted by Gasteiger charge is 2.19. The lowest BCUT2D eigenvalue weighted by Crippen LogP contribution is -2.33.